The molecule has 22 heavy (non-hydrogen) atoms. The normalized spacial score (nSPS) is 12.8. The first kappa shape index (κ1) is 19.3. The van der Waals surface area contributed by atoms with Crippen molar-refractivity contribution in [1.82, 2.24) is 10.6 Å². The van der Waals surface area contributed by atoms with Gasteiger partial charge in [-0.3, -0.25) is 19.2 Å². The van der Waals surface area contributed by atoms with E-state index >= 15 is 0 Å². The van der Waals surface area contributed by atoms with Crippen LogP contribution in [-0.4, -0.2) is 58.5 Å². The molecule has 0 fully saturated rings. The van der Waals surface area contributed by atoms with Crippen molar-refractivity contribution in [3.8, 4) is 0 Å². The molecular weight excluding hydrogens is 300 g/mol. The highest BCUT2D eigenvalue weighted by molar-refractivity contribution is 5.91. The summed E-state index contributed by atoms with van der Waals surface area (Å²) < 4.78 is 0. The molecule has 0 bridgehead atoms. The van der Waals surface area contributed by atoms with Crippen LogP contribution in [-0.2, 0) is 24.0 Å². The van der Waals surface area contributed by atoms with Crippen LogP contribution in [0.4, 0.5) is 0 Å². The van der Waals surface area contributed by atoms with E-state index in [0.717, 1.165) is 0 Å². The zero-order chi connectivity index (χ0) is 17.3. The molecule has 0 aliphatic heterocycles. The van der Waals surface area contributed by atoms with Crippen LogP contribution in [0.25, 0.3) is 0 Å². The molecule has 0 saturated heterocycles. The fourth-order valence-electron chi connectivity index (χ4n) is 1.36. The molecule has 11 heteroatoms. The van der Waals surface area contributed by atoms with Gasteiger partial charge in [0.1, 0.15) is 6.04 Å². The van der Waals surface area contributed by atoms with Gasteiger partial charge in [0.25, 0.3) is 0 Å². The molecule has 0 aromatic heterocycles. The third-order valence-corrected chi connectivity index (χ3v) is 2.47. The van der Waals surface area contributed by atoms with Gasteiger partial charge >= 0.3 is 11.9 Å². The maximum absolute atomic E-state index is 11.5. The first-order valence-corrected chi connectivity index (χ1v) is 6.19. The molecular formula is C11H18N4O7. The summed E-state index contributed by atoms with van der Waals surface area (Å²) >= 11 is 0. The Morgan fingerprint density at radius 2 is 1.68 bits per heavy atom. The molecule has 0 saturated carbocycles. The van der Waals surface area contributed by atoms with Crippen LogP contribution in [0.5, 0.6) is 0 Å². The predicted molar refractivity (Wildman–Crippen MR) is 71.2 cm³/mol. The molecule has 2 atom stereocenters. The summed E-state index contributed by atoms with van der Waals surface area (Å²) in [5.74, 6) is -5.08. The van der Waals surface area contributed by atoms with E-state index in [1.807, 2.05) is 5.32 Å². The first-order valence-electron chi connectivity index (χ1n) is 6.19. The quantitative estimate of drug-likeness (QED) is 0.241. The Kier molecular flexibility index (Phi) is 8.15. The van der Waals surface area contributed by atoms with Crippen molar-refractivity contribution >= 4 is 29.7 Å². The van der Waals surface area contributed by atoms with E-state index in [0.29, 0.717) is 0 Å². The zero-order valence-electron chi connectivity index (χ0n) is 11.6. The van der Waals surface area contributed by atoms with E-state index in [4.69, 9.17) is 21.7 Å². The topological polar surface area (TPSA) is 202 Å². The Hall–Kier alpha value is -2.69. The van der Waals surface area contributed by atoms with Crippen molar-refractivity contribution in [1.29, 1.82) is 0 Å². The number of hydrogen-bond donors (Lipinski definition) is 6. The van der Waals surface area contributed by atoms with Crippen LogP contribution in [0.15, 0.2) is 0 Å². The van der Waals surface area contributed by atoms with E-state index in [1.54, 1.807) is 0 Å². The van der Waals surface area contributed by atoms with Gasteiger partial charge in [0.2, 0.25) is 17.7 Å². The molecule has 3 amide bonds. The van der Waals surface area contributed by atoms with Crippen molar-refractivity contribution in [2.75, 3.05) is 6.54 Å². The molecule has 0 aromatic carbocycles. The van der Waals surface area contributed by atoms with Gasteiger partial charge in [-0.05, 0) is 6.42 Å². The van der Waals surface area contributed by atoms with Crippen molar-refractivity contribution in [2.24, 2.45) is 11.5 Å². The lowest BCUT2D eigenvalue weighted by Gasteiger charge is -2.14. The third kappa shape index (κ3) is 8.47. The number of carbonyl (C=O) groups excluding carboxylic acids is 3. The number of nitrogens with two attached hydrogens (primary N) is 2. The minimum atomic E-state index is -1.50. The van der Waals surface area contributed by atoms with E-state index in [-0.39, 0.29) is 12.8 Å². The summed E-state index contributed by atoms with van der Waals surface area (Å²) in [6, 6.07) is -2.60. The molecule has 0 aromatic rings. The molecule has 2 unspecified atom stereocenters. The van der Waals surface area contributed by atoms with Gasteiger partial charge in [-0.15, -0.1) is 0 Å². The lowest BCUT2D eigenvalue weighted by molar-refractivity contribution is -0.143. The second-order valence-corrected chi connectivity index (χ2v) is 4.39. The van der Waals surface area contributed by atoms with Gasteiger partial charge in [0.15, 0.2) is 0 Å². The minimum absolute atomic E-state index is 0.109. The largest absolute Gasteiger partial charge is 0.481 e. The van der Waals surface area contributed by atoms with Gasteiger partial charge < -0.3 is 32.3 Å². The molecule has 0 aliphatic rings. The second-order valence-electron chi connectivity index (χ2n) is 4.39. The number of carboxylic acid groups (broad SMARTS) is 2. The maximum Gasteiger partial charge on any atom is 0.326 e. The SMILES string of the molecule is NC(=O)CC(NC(=O)CNC(=O)C(N)CCC(=O)O)C(=O)O. The number of primary amides is 1. The lowest BCUT2D eigenvalue weighted by Crippen LogP contribution is -2.49. The molecule has 0 heterocycles. The highest BCUT2D eigenvalue weighted by Crippen LogP contribution is 1.95. The fourth-order valence-corrected chi connectivity index (χ4v) is 1.36. The van der Waals surface area contributed by atoms with Crippen LogP contribution in [0, 0.1) is 0 Å². The molecule has 11 nitrogen and oxygen atoms in total. The van der Waals surface area contributed by atoms with Crippen molar-refractivity contribution in [3.63, 3.8) is 0 Å². The fraction of sp³-hybridized carbons (Fsp3) is 0.545. The average molecular weight is 318 g/mol. The van der Waals surface area contributed by atoms with Crippen LogP contribution in [0.3, 0.4) is 0 Å². The van der Waals surface area contributed by atoms with Crippen LogP contribution < -0.4 is 22.1 Å². The highest BCUT2D eigenvalue weighted by atomic mass is 16.4. The Morgan fingerprint density at radius 1 is 1.09 bits per heavy atom. The molecule has 8 N–H and O–H groups in total. The zero-order valence-corrected chi connectivity index (χ0v) is 11.6. The van der Waals surface area contributed by atoms with Gasteiger partial charge in [0.05, 0.1) is 19.0 Å². The second kappa shape index (κ2) is 9.28. The van der Waals surface area contributed by atoms with Crippen LogP contribution in [0.2, 0.25) is 0 Å². The molecule has 0 spiro atoms. The highest BCUT2D eigenvalue weighted by Gasteiger charge is 2.22. The summed E-state index contributed by atoms with van der Waals surface area (Å²) in [6.07, 6.45) is -1.00. The Labute approximate surface area is 125 Å². The van der Waals surface area contributed by atoms with E-state index < -0.39 is 54.7 Å². The number of nitrogens with one attached hydrogen (secondary N) is 2. The third-order valence-electron chi connectivity index (χ3n) is 2.47. The number of aliphatic carboxylic acids is 2. The van der Waals surface area contributed by atoms with Crippen molar-refractivity contribution in [3.05, 3.63) is 0 Å². The average Bonchev–Trinajstić information content (AvgIpc) is 2.40. The van der Waals surface area contributed by atoms with Gasteiger partial charge in [-0.2, -0.15) is 0 Å². The number of amides is 3. The van der Waals surface area contributed by atoms with Crippen LogP contribution >= 0.6 is 0 Å². The van der Waals surface area contributed by atoms with Gasteiger partial charge in [-0.1, -0.05) is 0 Å². The predicted octanol–water partition coefficient (Wildman–Crippen LogP) is -3.26. The van der Waals surface area contributed by atoms with Crippen molar-refractivity contribution < 1.29 is 34.2 Å². The Bertz CT molecular complexity index is 465. The smallest absolute Gasteiger partial charge is 0.326 e. The Morgan fingerprint density at radius 3 is 2.14 bits per heavy atom. The van der Waals surface area contributed by atoms with E-state index in [2.05, 4.69) is 5.32 Å². The molecule has 0 radical (unpaired) electrons. The lowest BCUT2D eigenvalue weighted by atomic mass is 10.1. The summed E-state index contributed by atoms with van der Waals surface area (Å²) in [5, 5.41) is 21.3. The maximum atomic E-state index is 11.5. The summed E-state index contributed by atoms with van der Waals surface area (Å²) in [5.41, 5.74) is 10.2. The summed E-state index contributed by atoms with van der Waals surface area (Å²) in [6.45, 7) is -0.567. The van der Waals surface area contributed by atoms with Crippen LogP contribution in [0.1, 0.15) is 19.3 Å². The summed E-state index contributed by atoms with van der Waals surface area (Å²) in [4.78, 5) is 54.7. The number of hydrogen-bond acceptors (Lipinski definition) is 6. The van der Waals surface area contributed by atoms with E-state index in [9.17, 15) is 24.0 Å². The molecule has 0 rings (SSSR count). The Balaban J connectivity index is 4.25. The van der Waals surface area contributed by atoms with Gasteiger partial charge in [0, 0.05) is 6.42 Å². The summed E-state index contributed by atoms with van der Waals surface area (Å²) in [7, 11) is 0. The van der Waals surface area contributed by atoms with E-state index in [1.165, 1.54) is 0 Å². The number of carboxylic acids is 2. The minimum Gasteiger partial charge on any atom is -0.481 e. The molecule has 0 aliphatic carbocycles. The monoisotopic (exact) mass is 318 g/mol. The van der Waals surface area contributed by atoms with Gasteiger partial charge in [-0.25, -0.2) is 4.79 Å². The number of rotatable bonds is 10. The standard InChI is InChI=1S/C11H18N4O7/c12-5(1-2-9(18)19)10(20)14-4-8(17)15-6(11(21)22)3-7(13)16/h5-6H,1-4,12H2,(H2,13,16)(H,14,20)(H,15,17)(H,18,19)(H,21,22). The number of carbonyl (C=O) groups is 5. The van der Waals surface area contributed by atoms with Crippen molar-refractivity contribution in [2.45, 2.75) is 31.3 Å². The molecule has 124 valence electrons. The first-order chi connectivity index (χ1) is 10.1.